The highest BCUT2D eigenvalue weighted by Gasteiger charge is 2.36. The highest BCUT2D eigenvalue weighted by Crippen LogP contribution is 2.33. The molecule has 0 amide bonds. The molecule has 4 heteroatoms. The molecule has 0 bridgehead atoms. The Morgan fingerprint density at radius 2 is 1.83 bits per heavy atom. The van der Waals surface area contributed by atoms with Crippen molar-refractivity contribution in [1.82, 2.24) is 0 Å². The molecular weight excluding hydrogens is 266 g/mol. The van der Waals surface area contributed by atoms with E-state index in [0.29, 0.717) is 16.9 Å². The van der Waals surface area contributed by atoms with Crippen LogP contribution < -0.4 is 5.73 Å². The highest BCUT2D eigenvalue weighted by atomic mass is 35.5. The van der Waals surface area contributed by atoms with Crippen LogP contribution in [-0.2, 0) is 10.8 Å². The van der Waals surface area contributed by atoms with Crippen molar-refractivity contribution in [2.24, 2.45) is 17.6 Å². The molecule has 1 aromatic rings. The molecule has 1 aliphatic carbocycles. The third-order valence-corrected chi connectivity index (χ3v) is 6.02. The smallest absolute Gasteiger partial charge is 0.0579 e. The number of nitrogens with two attached hydrogens (primary N) is 1. The van der Waals surface area contributed by atoms with Gasteiger partial charge in [-0.2, -0.15) is 0 Å². The van der Waals surface area contributed by atoms with E-state index < -0.39 is 10.8 Å². The summed E-state index contributed by atoms with van der Waals surface area (Å²) in [5.74, 6) is 1.04. The number of benzene rings is 1. The van der Waals surface area contributed by atoms with Gasteiger partial charge in [0.15, 0.2) is 0 Å². The van der Waals surface area contributed by atoms with Crippen molar-refractivity contribution in [3.8, 4) is 0 Å². The molecule has 1 fully saturated rings. The fourth-order valence-electron chi connectivity index (χ4n) is 2.98. The zero-order valence-electron chi connectivity index (χ0n) is 10.8. The van der Waals surface area contributed by atoms with Crippen molar-refractivity contribution in [3.05, 3.63) is 29.3 Å². The molecule has 0 radical (unpaired) electrons. The molecule has 0 aliphatic heterocycles. The second-order valence-corrected chi connectivity index (χ2v) is 7.48. The second-order valence-electron chi connectivity index (χ2n) is 5.43. The fourth-order valence-corrected chi connectivity index (χ4v) is 4.79. The van der Waals surface area contributed by atoms with Crippen LogP contribution >= 0.6 is 11.6 Å². The Hall–Kier alpha value is -0.380. The maximum absolute atomic E-state index is 12.6. The summed E-state index contributed by atoms with van der Waals surface area (Å²) in [4.78, 5) is 0.834. The minimum Gasteiger partial charge on any atom is -0.327 e. The van der Waals surface area contributed by atoms with Gasteiger partial charge in [0.2, 0.25) is 0 Å². The lowest BCUT2D eigenvalue weighted by Gasteiger charge is -2.36. The molecule has 5 atom stereocenters. The van der Waals surface area contributed by atoms with Gasteiger partial charge in [-0.25, -0.2) is 0 Å². The van der Waals surface area contributed by atoms with Crippen LogP contribution in [0.1, 0.15) is 26.7 Å². The van der Waals surface area contributed by atoms with Crippen LogP contribution in [0.4, 0.5) is 0 Å². The van der Waals surface area contributed by atoms with Crippen molar-refractivity contribution in [3.63, 3.8) is 0 Å². The quantitative estimate of drug-likeness (QED) is 0.907. The molecule has 5 unspecified atom stereocenters. The summed E-state index contributed by atoms with van der Waals surface area (Å²) in [5, 5.41) is 0.729. The molecule has 18 heavy (non-hydrogen) atoms. The molecular formula is C14H20ClNOS. The molecule has 100 valence electrons. The van der Waals surface area contributed by atoms with Gasteiger partial charge >= 0.3 is 0 Å². The molecule has 0 spiro atoms. The first-order chi connectivity index (χ1) is 8.49. The van der Waals surface area contributed by atoms with E-state index in [1.807, 2.05) is 12.1 Å². The van der Waals surface area contributed by atoms with Crippen molar-refractivity contribution in [2.75, 3.05) is 0 Å². The van der Waals surface area contributed by atoms with E-state index in [-0.39, 0.29) is 11.3 Å². The Kier molecular flexibility index (Phi) is 4.46. The topological polar surface area (TPSA) is 43.1 Å². The molecule has 2 N–H and O–H groups in total. The maximum atomic E-state index is 12.6. The first-order valence-corrected chi connectivity index (χ1v) is 8.00. The van der Waals surface area contributed by atoms with Crippen LogP contribution in [0.15, 0.2) is 29.2 Å². The van der Waals surface area contributed by atoms with E-state index in [9.17, 15) is 4.21 Å². The lowest BCUT2D eigenvalue weighted by Crippen LogP contribution is -2.47. The average Bonchev–Trinajstić information content (AvgIpc) is 2.28. The molecule has 1 aliphatic rings. The van der Waals surface area contributed by atoms with Crippen LogP contribution in [-0.4, -0.2) is 15.5 Å². The van der Waals surface area contributed by atoms with Crippen molar-refractivity contribution >= 4 is 22.4 Å². The minimum absolute atomic E-state index is 0.0280. The summed E-state index contributed by atoms with van der Waals surface area (Å²) >= 11 is 5.85. The van der Waals surface area contributed by atoms with E-state index in [0.717, 1.165) is 17.7 Å². The molecule has 2 nitrogen and oxygen atoms in total. The van der Waals surface area contributed by atoms with Gasteiger partial charge in [-0.05, 0) is 48.9 Å². The predicted molar refractivity (Wildman–Crippen MR) is 77.2 cm³/mol. The van der Waals surface area contributed by atoms with Gasteiger partial charge in [0.25, 0.3) is 0 Å². The normalized spacial score (nSPS) is 34.2. The maximum Gasteiger partial charge on any atom is 0.0579 e. The van der Waals surface area contributed by atoms with Gasteiger partial charge < -0.3 is 5.73 Å². The lowest BCUT2D eigenvalue weighted by molar-refractivity contribution is 0.275. The summed E-state index contributed by atoms with van der Waals surface area (Å²) in [6, 6.07) is 7.29. The standard InChI is InChI=1S/C14H20ClNOS/c1-9-7-10(2)14(13(16)8-9)18(17)12-5-3-11(15)4-6-12/h3-6,9-10,13-14H,7-8,16H2,1-2H3. The summed E-state index contributed by atoms with van der Waals surface area (Å²) in [6.07, 6.45) is 2.08. The second kappa shape index (κ2) is 5.72. The predicted octanol–water partition coefficient (Wildman–Crippen LogP) is 3.21. The Labute approximate surface area is 116 Å². The molecule has 0 aromatic heterocycles. The van der Waals surface area contributed by atoms with Gasteiger partial charge in [0, 0.05) is 16.0 Å². The molecule has 1 aromatic carbocycles. The molecule has 0 saturated heterocycles. The Balaban J connectivity index is 2.19. The van der Waals surface area contributed by atoms with Gasteiger partial charge in [0.05, 0.1) is 16.0 Å². The van der Waals surface area contributed by atoms with Crippen molar-refractivity contribution in [1.29, 1.82) is 0 Å². The Morgan fingerprint density at radius 1 is 1.22 bits per heavy atom. The number of rotatable bonds is 2. The lowest BCUT2D eigenvalue weighted by atomic mass is 9.80. The van der Waals surface area contributed by atoms with E-state index >= 15 is 0 Å². The summed E-state index contributed by atoms with van der Waals surface area (Å²) < 4.78 is 12.6. The fraction of sp³-hybridized carbons (Fsp3) is 0.571. The zero-order valence-corrected chi connectivity index (χ0v) is 12.4. The first-order valence-electron chi connectivity index (χ1n) is 6.40. The average molecular weight is 286 g/mol. The van der Waals surface area contributed by atoms with Gasteiger partial charge in [-0.15, -0.1) is 0 Å². The number of hydrogen-bond donors (Lipinski definition) is 1. The Morgan fingerprint density at radius 3 is 2.39 bits per heavy atom. The van der Waals surface area contributed by atoms with E-state index in [2.05, 4.69) is 13.8 Å². The van der Waals surface area contributed by atoms with Crippen LogP contribution in [0.25, 0.3) is 0 Å². The third-order valence-electron chi connectivity index (χ3n) is 3.72. The van der Waals surface area contributed by atoms with Crippen LogP contribution in [0.5, 0.6) is 0 Å². The van der Waals surface area contributed by atoms with Crippen LogP contribution in [0, 0.1) is 11.8 Å². The van der Waals surface area contributed by atoms with Crippen LogP contribution in [0.3, 0.4) is 0 Å². The van der Waals surface area contributed by atoms with Crippen molar-refractivity contribution in [2.45, 2.75) is 42.9 Å². The minimum atomic E-state index is -1.04. The molecule has 2 rings (SSSR count). The SMILES string of the molecule is CC1CC(C)C(S(=O)c2ccc(Cl)cc2)C(N)C1. The first kappa shape index (κ1) is 14.0. The zero-order chi connectivity index (χ0) is 13.3. The number of hydrogen-bond acceptors (Lipinski definition) is 2. The van der Waals surface area contributed by atoms with Crippen LogP contribution in [0.2, 0.25) is 5.02 Å². The summed E-state index contributed by atoms with van der Waals surface area (Å²) in [5.41, 5.74) is 6.21. The van der Waals surface area contributed by atoms with E-state index in [4.69, 9.17) is 17.3 Å². The molecule has 0 heterocycles. The van der Waals surface area contributed by atoms with Gasteiger partial charge in [-0.1, -0.05) is 25.4 Å². The van der Waals surface area contributed by atoms with Crippen molar-refractivity contribution < 1.29 is 4.21 Å². The van der Waals surface area contributed by atoms with Gasteiger partial charge in [-0.3, -0.25) is 4.21 Å². The number of halogens is 1. The largest absolute Gasteiger partial charge is 0.327 e. The third kappa shape index (κ3) is 2.95. The monoisotopic (exact) mass is 285 g/mol. The van der Waals surface area contributed by atoms with E-state index in [1.54, 1.807) is 12.1 Å². The summed E-state index contributed by atoms with van der Waals surface area (Å²) in [6.45, 7) is 4.38. The van der Waals surface area contributed by atoms with Gasteiger partial charge in [0.1, 0.15) is 0 Å². The molecule has 1 saturated carbocycles. The van der Waals surface area contributed by atoms with E-state index in [1.165, 1.54) is 0 Å². The highest BCUT2D eigenvalue weighted by molar-refractivity contribution is 7.85. The Bertz CT molecular complexity index is 422. The summed E-state index contributed by atoms with van der Waals surface area (Å²) in [7, 11) is -1.04.